The van der Waals surface area contributed by atoms with Crippen LogP contribution in [0.2, 0.25) is 0 Å². The number of nitrogens with one attached hydrogen (secondary N) is 3. The maximum Gasteiger partial charge on any atom is 0.315 e. The number of furan rings is 1. The molecule has 2 heterocycles. The van der Waals surface area contributed by atoms with Crippen molar-refractivity contribution in [3.63, 3.8) is 0 Å². The summed E-state index contributed by atoms with van der Waals surface area (Å²) in [6.07, 6.45) is 2.32. The van der Waals surface area contributed by atoms with Gasteiger partial charge in [-0.1, -0.05) is 0 Å². The van der Waals surface area contributed by atoms with Gasteiger partial charge in [-0.2, -0.15) is 0 Å². The Balaban J connectivity index is 1.71. The van der Waals surface area contributed by atoms with E-state index in [0.717, 1.165) is 6.42 Å². The fourth-order valence-corrected chi connectivity index (χ4v) is 3.23. The fraction of sp³-hybridized carbons (Fsp3) is 0.412. The SMILES string of the molecule is Cc1ccc(C[C@@H](C)NC(=O)N[C@H](C)C(=O)NCc2ccco2)s1. The Hall–Kier alpha value is -2.28. The van der Waals surface area contributed by atoms with E-state index >= 15 is 0 Å². The number of thiophene rings is 1. The Bertz CT molecular complexity index is 666. The van der Waals surface area contributed by atoms with Crippen molar-refractivity contribution in [2.24, 2.45) is 0 Å². The van der Waals surface area contributed by atoms with Crippen molar-refractivity contribution < 1.29 is 14.0 Å². The molecule has 7 heteroatoms. The lowest BCUT2D eigenvalue weighted by Gasteiger charge is -2.17. The molecule has 2 atom stereocenters. The molecular formula is C17H23N3O3S. The summed E-state index contributed by atoms with van der Waals surface area (Å²) in [7, 11) is 0. The Labute approximate surface area is 145 Å². The molecule has 130 valence electrons. The molecule has 2 rings (SSSR count). The molecule has 2 aromatic rings. The molecule has 0 bridgehead atoms. The molecule has 0 spiro atoms. The van der Waals surface area contributed by atoms with E-state index in [1.165, 1.54) is 9.75 Å². The van der Waals surface area contributed by atoms with Crippen molar-refractivity contribution in [1.82, 2.24) is 16.0 Å². The van der Waals surface area contributed by atoms with E-state index in [4.69, 9.17) is 4.42 Å². The summed E-state index contributed by atoms with van der Waals surface area (Å²) in [6, 6.07) is 6.68. The van der Waals surface area contributed by atoms with Crippen LogP contribution in [0.5, 0.6) is 0 Å². The second-order valence-corrected chi connectivity index (χ2v) is 7.13. The van der Waals surface area contributed by atoms with Gasteiger partial charge in [0.25, 0.3) is 0 Å². The molecule has 0 saturated carbocycles. The number of amides is 3. The first-order valence-corrected chi connectivity index (χ1v) is 8.68. The van der Waals surface area contributed by atoms with E-state index < -0.39 is 6.04 Å². The summed E-state index contributed by atoms with van der Waals surface area (Å²) in [5, 5.41) is 8.21. The fourth-order valence-electron chi connectivity index (χ4n) is 2.22. The van der Waals surface area contributed by atoms with Crippen LogP contribution in [0.15, 0.2) is 34.9 Å². The third-order valence-corrected chi connectivity index (χ3v) is 4.46. The standard InChI is InChI=1S/C17H23N3O3S/c1-11(9-15-7-6-12(2)24-15)19-17(22)20-13(3)16(21)18-10-14-5-4-8-23-14/h4-8,11,13H,9-10H2,1-3H3,(H,18,21)(H2,19,20,22)/t11-,13-/m1/s1. The zero-order valence-corrected chi connectivity index (χ0v) is 14.9. The molecule has 3 amide bonds. The zero-order chi connectivity index (χ0) is 17.5. The van der Waals surface area contributed by atoms with Crippen molar-refractivity contribution in [3.8, 4) is 0 Å². The zero-order valence-electron chi connectivity index (χ0n) is 14.1. The summed E-state index contributed by atoms with van der Waals surface area (Å²) in [4.78, 5) is 26.4. The Morgan fingerprint density at radius 3 is 2.62 bits per heavy atom. The highest BCUT2D eigenvalue weighted by Gasteiger charge is 2.17. The van der Waals surface area contributed by atoms with Gasteiger partial charge in [0.1, 0.15) is 11.8 Å². The first-order valence-electron chi connectivity index (χ1n) is 7.86. The van der Waals surface area contributed by atoms with Gasteiger partial charge in [0.15, 0.2) is 0 Å². The van der Waals surface area contributed by atoms with Crippen LogP contribution < -0.4 is 16.0 Å². The second kappa shape index (κ2) is 8.54. The number of hydrogen-bond acceptors (Lipinski definition) is 4. The number of carbonyl (C=O) groups excluding carboxylic acids is 2. The van der Waals surface area contributed by atoms with Gasteiger partial charge >= 0.3 is 6.03 Å². The van der Waals surface area contributed by atoms with Crippen LogP contribution in [0, 0.1) is 6.92 Å². The first kappa shape index (κ1) is 18.1. The lowest BCUT2D eigenvalue weighted by molar-refractivity contribution is -0.122. The van der Waals surface area contributed by atoms with Crippen LogP contribution in [-0.2, 0) is 17.8 Å². The monoisotopic (exact) mass is 349 g/mol. The molecular weight excluding hydrogens is 326 g/mol. The van der Waals surface area contributed by atoms with E-state index in [1.54, 1.807) is 36.7 Å². The number of urea groups is 1. The highest BCUT2D eigenvalue weighted by Crippen LogP contribution is 2.16. The van der Waals surface area contributed by atoms with Crippen molar-refractivity contribution in [1.29, 1.82) is 0 Å². The minimum absolute atomic E-state index is 0.0126. The van der Waals surface area contributed by atoms with Gasteiger partial charge in [-0.05, 0) is 45.0 Å². The number of hydrogen-bond donors (Lipinski definition) is 3. The minimum Gasteiger partial charge on any atom is -0.467 e. The summed E-state index contributed by atoms with van der Waals surface area (Å²) in [5.74, 6) is 0.406. The lowest BCUT2D eigenvalue weighted by atomic mass is 10.2. The topological polar surface area (TPSA) is 83.4 Å². The average molecular weight is 349 g/mol. The number of aryl methyl sites for hydroxylation is 1. The molecule has 0 radical (unpaired) electrons. The summed E-state index contributed by atoms with van der Waals surface area (Å²) < 4.78 is 5.14. The summed E-state index contributed by atoms with van der Waals surface area (Å²) in [6.45, 7) is 5.94. The molecule has 0 aliphatic carbocycles. The quantitative estimate of drug-likeness (QED) is 0.718. The van der Waals surface area contributed by atoms with Gasteiger partial charge in [0, 0.05) is 22.2 Å². The minimum atomic E-state index is -0.629. The molecule has 2 aromatic heterocycles. The van der Waals surface area contributed by atoms with Crippen molar-refractivity contribution in [2.75, 3.05) is 0 Å². The van der Waals surface area contributed by atoms with Crippen LogP contribution in [0.1, 0.15) is 29.4 Å². The van der Waals surface area contributed by atoms with E-state index in [-0.39, 0.29) is 18.0 Å². The molecule has 3 N–H and O–H groups in total. The van der Waals surface area contributed by atoms with E-state index in [1.807, 2.05) is 6.92 Å². The highest BCUT2D eigenvalue weighted by molar-refractivity contribution is 7.11. The van der Waals surface area contributed by atoms with Gasteiger partial charge in [-0.25, -0.2) is 4.79 Å². The maximum atomic E-state index is 12.0. The number of carbonyl (C=O) groups is 2. The first-order chi connectivity index (χ1) is 11.4. The van der Waals surface area contributed by atoms with Crippen LogP contribution in [0.25, 0.3) is 0 Å². The van der Waals surface area contributed by atoms with Crippen LogP contribution >= 0.6 is 11.3 Å². The van der Waals surface area contributed by atoms with Crippen molar-refractivity contribution >= 4 is 23.3 Å². The molecule has 0 aliphatic rings. The molecule has 0 aliphatic heterocycles. The van der Waals surface area contributed by atoms with E-state index in [0.29, 0.717) is 12.3 Å². The third-order valence-electron chi connectivity index (χ3n) is 3.44. The molecule has 0 unspecified atom stereocenters. The van der Waals surface area contributed by atoms with Gasteiger partial charge in [0.05, 0.1) is 12.8 Å². The molecule has 24 heavy (non-hydrogen) atoms. The lowest BCUT2D eigenvalue weighted by Crippen LogP contribution is -2.50. The molecule has 0 aromatic carbocycles. The third kappa shape index (κ3) is 5.73. The van der Waals surface area contributed by atoms with Gasteiger partial charge in [-0.15, -0.1) is 11.3 Å². The maximum absolute atomic E-state index is 12.0. The van der Waals surface area contributed by atoms with Gasteiger partial charge in [0.2, 0.25) is 5.91 Å². The Morgan fingerprint density at radius 2 is 2.00 bits per heavy atom. The van der Waals surface area contributed by atoms with Crippen LogP contribution in [0.4, 0.5) is 4.79 Å². The highest BCUT2D eigenvalue weighted by atomic mass is 32.1. The van der Waals surface area contributed by atoms with Gasteiger partial charge < -0.3 is 20.4 Å². The number of rotatable bonds is 7. The van der Waals surface area contributed by atoms with Crippen molar-refractivity contribution in [2.45, 2.75) is 45.8 Å². The largest absolute Gasteiger partial charge is 0.467 e. The molecule has 6 nitrogen and oxygen atoms in total. The molecule has 0 saturated heterocycles. The average Bonchev–Trinajstić information content (AvgIpc) is 3.16. The van der Waals surface area contributed by atoms with E-state index in [9.17, 15) is 9.59 Å². The Kier molecular flexibility index (Phi) is 6.43. The predicted molar refractivity (Wildman–Crippen MR) is 93.9 cm³/mol. The normalized spacial score (nSPS) is 13.1. The predicted octanol–water partition coefficient (Wildman–Crippen LogP) is 2.58. The summed E-state index contributed by atoms with van der Waals surface area (Å²) in [5.41, 5.74) is 0. The van der Waals surface area contributed by atoms with E-state index in [2.05, 4.69) is 35.0 Å². The molecule has 0 fully saturated rings. The summed E-state index contributed by atoms with van der Waals surface area (Å²) >= 11 is 1.72. The Morgan fingerprint density at radius 1 is 1.21 bits per heavy atom. The van der Waals surface area contributed by atoms with Crippen molar-refractivity contribution in [3.05, 3.63) is 46.0 Å². The van der Waals surface area contributed by atoms with Crippen LogP contribution in [0.3, 0.4) is 0 Å². The van der Waals surface area contributed by atoms with Crippen LogP contribution in [-0.4, -0.2) is 24.0 Å². The second-order valence-electron chi connectivity index (χ2n) is 5.75. The van der Waals surface area contributed by atoms with Gasteiger partial charge in [-0.3, -0.25) is 4.79 Å². The smallest absolute Gasteiger partial charge is 0.315 e.